The number of allylic oxidation sites excluding steroid dienone is 1. The molecule has 3 N–H and O–H groups in total. The van der Waals surface area contributed by atoms with E-state index in [1.165, 1.54) is 11.3 Å². The third-order valence-corrected chi connectivity index (χ3v) is 12.9. The van der Waals surface area contributed by atoms with E-state index in [4.69, 9.17) is 35.3 Å². The molecule has 58 heavy (non-hydrogen) atoms. The van der Waals surface area contributed by atoms with Gasteiger partial charge in [-0.25, -0.2) is 14.6 Å². The summed E-state index contributed by atoms with van der Waals surface area (Å²) in [5.41, 5.74) is -1.05. The molecule has 2 saturated heterocycles. The molecular formula is C42H54ClN5O10. The lowest BCUT2D eigenvalue weighted by Gasteiger charge is -2.29. The second-order valence-corrected chi connectivity index (χ2v) is 16.9. The number of ether oxygens (including phenoxy) is 5. The molecule has 1 aromatic carbocycles. The van der Waals surface area contributed by atoms with Crippen LogP contribution in [0.2, 0.25) is 5.02 Å². The normalized spacial score (nSPS) is 31.2. The Hall–Kier alpha value is -4.34. The number of fused-ring (bicyclic) bond motifs is 4. The number of alkyl carbamates (subject to hydrolysis) is 1. The zero-order valence-corrected chi connectivity index (χ0v) is 33.8. The topological polar surface area (TPSA) is 178 Å². The third-order valence-electron chi connectivity index (χ3n) is 12.6. The molecule has 15 nitrogen and oxygen atoms in total. The van der Waals surface area contributed by atoms with Crippen LogP contribution in [-0.2, 0) is 23.9 Å². The molecule has 1 unspecified atom stereocenters. The van der Waals surface area contributed by atoms with Crippen molar-refractivity contribution in [3.05, 3.63) is 35.4 Å². The van der Waals surface area contributed by atoms with Crippen LogP contribution in [0, 0.1) is 17.8 Å². The number of morpholine rings is 1. The SMILES string of the molecule is CCOc1cc(O[C@@H]2C[C@H]3C(=O)N[C@]4(C(=O)O)C[C@H]4C=CCCCCC[C@H](NC(=O)OC4C[C@@H]5C[C@@H]5C4)C(=O)N3C2)c2ccc(OCCN3CCOCC3)c(Cl)c2n1. The number of carbonyl (C=O) groups excluding carboxylic acids is 3. The molecule has 2 aromatic rings. The van der Waals surface area contributed by atoms with Crippen LogP contribution in [0.4, 0.5) is 4.79 Å². The Labute approximate surface area is 343 Å². The van der Waals surface area contributed by atoms with Crippen LogP contribution in [-0.4, -0.2) is 126 Å². The number of carboxylic acid groups (broad SMARTS) is 1. The van der Waals surface area contributed by atoms with Crippen molar-refractivity contribution in [2.75, 3.05) is 52.6 Å². The summed E-state index contributed by atoms with van der Waals surface area (Å²) in [4.78, 5) is 63.0. The summed E-state index contributed by atoms with van der Waals surface area (Å²) >= 11 is 6.93. The van der Waals surface area contributed by atoms with Crippen molar-refractivity contribution in [2.45, 2.75) is 101 Å². The minimum atomic E-state index is -1.46. The third kappa shape index (κ3) is 8.96. The molecule has 3 amide bonds. The predicted molar refractivity (Wildman–Crippen MR) is 212 cm³/mol. The highest BCUT2D eigenvalue weighted by Crippen LogP contribution is 2.52. The van der Waals surface area contributed by atoms with Crippen LogP contribution in [0.5, 0.6) is 17.4 Å². The van der Waals surface area contributed by atoms with Gasteiger partial charge in [-0.15, -0.1) is 0 Å². The number of benzene rings is 1. The lowest BCUT2D eigenvalue weighted by Crippen LogP contribution is -2.56. The van der Waals surface area contributed by atoms with Crippen molar-refractivity contribution in [1.82, 2.24) is 25.4 Å². The molecule has 5 fully saturated rings. The molecule has 0 spiro atoms. The minimum Gasteiger partial charge on any atom is -0.491 e. The summed E-state index contributed by atoms with van der Waals surface area (Å²) in [5.74, 6) is -0.154. The first-order valence-corrected chi connectivity index (χ1v) is 21.3. The fourth-order valence-corrected chi connectivity index (χ4v) is 9.40. The number of nitrogens with one attached hydrogen (secondary N) is 2. The van der Waals surface area contributed by atoms with Crippen molar-refractivity contribution in [2.24, 2.45) is 17.8 Å². The Morgan fingerprint density at radius 1 is 1.05 bits per heavy atom. The fourth-order valence-electron chi connectivity index (χ4n) is 9.14. The molecule has 314 valence electrons. The zero-order valence-electron chi connectivity index (χ0n) is 33.0. The van der Waals surface area contributed by atoms with Gasteiger partial charge >= 0.3 is 12.1 Å². The van der Waals surface area contributed by atoms with E-state index in [9.17, 15) is 24.3 Å². The van der Waals surface area contributed by atoms with Gasteiger partial charge in [0.1, 0.15) is 58.5 Å². The number of carbonyl (C=O) groups is 4. The average molecular weight is 824 g/mol. The molecule has 16 heteroatoms. The number of pyridine rings is 1. The lowest BCUT2D eigenvalue weighted by atomic mass is 10.0. The maximum Gasteiger partial charge on any atom is 0.408 e. The van der Waals surface area contributed by atoms with Gasteiger partial charge < -0.3 is 44.3 Å². The van der Waals surface area contributed by atoms with Crippen molar-refractivity contribution < 1.29 is 48.0 Å². The standard InChI is InChI=1S/C42H54ClN5O10/c1-2-55-35-22-34(30-10-11-33(36(43)37(30)45-35)56-17-14-47-12-15-54-16-13-47)57-29-21-32-38(49)46-42(40(51)52)23-27(42)8-6-4-3-5-7-9-31(39(50)48(32)24-29)44-41(53)58-28-19-25-18-26(25)20-28/h6,8,10-11,22,25-29,31-32H,2-5,7,9,12-21,23-24H2,1H3,(H,44,53)(H,46,49)(H,51,52)/t25-,26+,27-,28?,29-,31+,32+,42-/m1/s1. The number of aromatic nitrogens is 1. The smallest absolute Gasteiger partial charge is 0.408 e. The first-order chi connectivity index (χ1) is 28.1. The lowest BCUT2D eigenvalue weighted by molar-refractivity contribution is -0.145. The molecule has 3 aliphatic heterocycles. The van der Waals surface area contributed by atoms with E-state index in [2.05, 4.69) is 20.5 Å². The summed E-state index contributed by atoms with van der Waals surface area (Å²) in [6, 6.07) is 3.22. The van der Waals surface area contributed by atoms with E-state index >= 15 is 0 Å². The number of rotatable bonds is 11. The largest absolute Gasteiger partial charge is 0.491 e. The van der Waals surface area contributed by atoms with E-state index < -0.39 is 47.6 Å². The number of amides is 3. The number of aliphatic carboxylic acids is 1. The van der Waals surface area contributed by atoms with Gasteiger partial charge in [-0.3, -0.25) is 14.5 Å². The van der Waals surface area contributed by atoms with Crippen LogP contribution in [0.25, 0.3) is 10.9 Å². The van der Waals surface area contributed by atoms with E-state index in [0.717, 1.165) is 45.2 Å². The molecule has 1 aromatic heterocycles. The number of hydrogen-bond acceptors (Lipinski definition) is 11. The first-order valence-electron chi connectivity index (χ1n) is 21.0. The summed E-state index contributed by atoms with van der Waals surface area (Å²) in [6.45, 7) is 6.37. The van der Waals surface area contributed by atoms with Gasteiger partial charge in [0.2, 0.25) is 17.7 Å². The molecule has 8 atom stereocenters. The quantitative estimate of drug-likeness (QED) is 0.266. The second-order valence-electron chi connectivity index (χ2n) is 16.5. The van der Waals surface area contributed by atoms with Gasteiger partial charge in [-0.05, 0) is 75.8 Å². The maximum absolute atomic E-state index is 14.6. The van der Waals surface area contributed by atoms with Crippen LogP contribution >= 0.6 is 11.6 Å². The minimum absolute atomic E-state index is 0.00376. The van der Waals surface area contributed by atoms with Crippen LogP contribution in [0.3, 0.4) is 0 Å². The van der Waals surface area contributed by atoms with E-state index in [1.807, 2.05) is 25.1 Å². The molecule has 6 aliphatic rings. The maximum atomic E-state index is 14.6. The van der Waals surface area contributed by atoms with Gasteiger partial charge in [0.25, 0.3) is 0 Å². The second kappa shape index (κ2) is 17.5. The van der Waals surface area contributed by atoms with E-state index in [1.54, 1.807) is 12.1 Å². The van der Waals surface area contributed by atoms with Crippen molar-refractivity contribution in [1.29, 1.82) is 0 Å². The average Bonchev–Trinajstić information content (AvgIpc) is 4.01. The number of hydrogen-bond donors (Lipinski definition) is 3. The van der Waals surface area contributed by atoms with E-state index in [0.29, 0.717) is 85.1 Å². The highest BCUT2D eigenvalue weighted by atomic mass is 35.5. The Morgan fingerprint density at radius 2 is 1.86 bits per heavy atom. The van der Waals surface area contributed by atoms with Gasteiger partial charge in [-0.1, -0.05) is 36.6 Å². The fraction of sp³-hybridized carbons (Fsp3) is 0.643. The van der Waals surface area contributed by atoms with Crippen molar-refractivity contribution in [3.8, 4) is 17.4 Å². The Morgan fingerprint density at radius 3 is 2.64 bits per heavy atom. The summed E-state index contributed by atoms with van der Waals surface area (Å²) in [5, 5.41) is 16.8. The Kier molecular flexibility index (Phi) is 12.2. The molecule has 0 radical (unpaired) electrons. The molecule has 8 rings (SSSR count). The number of carboxylic acids is 1. The van der Waals surface area contributed by atoms with Gasteiger partial charge in [0.15, 0.2) is 0 Å². The molecule has 3 aliphatic carbocycles. The van der Waals surface area contributed by atoms with Crippen LogP contribution < -0.4 is 24.8 Å². The van der Waals surface area contributed by atoms with Gasteiger partial charge in [0, 0.05) is 43.4 Å². The van der Waals surface area contributed by atoms with Gasteiger partial charge in [-0.2, -0.15) is 0 Å². The summed E-state index contributed by atoms with van der Waals surface area (Å²) in [6.07, 6.45) is 8.93. The van der Waals surface area contributed by atoms with Crippen molar-refractivity contribution in [3.63, 3.8) is 0 Å². The van der Waals surface area contributed by atoms with Crippen LogP contribution in [0.15, 0.2) is 30.4 Å². The Balaban J connectivity index is 1.04. The number of halogens is 1. The monoisotopic (exact) mass is 823 g/mol. The zero-order chi connectivity index (χ0) is 40.4. The highest BCUT2D eigenvalue weighted by molar-refractivity contribution is 6.36. The Bertz CT molecular complexity index is 1900. The number of nitrogens with zero attached hydrogens (tertiary/aromatic N) is 3. The highest BCUT2D eigenvalue weighted by Gasteiger charge is 2.61. The molecule has 4 heterocycles. The van der Waals surface area contributed by atoms with Crippen molar-refractivity contribution >= 4 is 46.4 Å². The predicted octanol–water partition coefficient (Wildman–Crippen LogP) is 4.72. The first kappa shape index (κ1) is 40.4. The molecule has 0 bridgehead atoms. The summed E-state index contributed by atoms with van der Waals surface area (Å²) in [7, 11) is 0. The summed E-state index contributed by atoms with van der Waals surface area (Å²) < 4.78 is 29.8. The van der Waals surface area contributed by atoms with Crippen LogP contribution in [0.1, 0.15) is 71.1 Å². The molecule has 3 saturated carbocycles. The molecular weight excluding hydrogens is 770 g/mol. The van der Waals surface area contributed by atoms with Gasteiger partial charge in [0.05, 0.1) is 26.4 Å². The van der Waals surface area contributed by atoms with E-state index in [-0.39, 0.29) is 37.3 Å².